The van der Waals surface area contributed by atoms with Gasteiger partial charge < -0.3 is 5.73 Å². The molecule has 102 valence electrons. The molecule has 18 heavy (non-hydrogen) atoms. The standard InChI is InChI=1S/C14H26N4/c1-12(2)18-10-7-13(16-18)11-17-9-4-3-5-14(17)6-8-15/h7,10,12,14H,3-6,8-9,11,15H2,1-2H3. The van der Waals surface area contributed by atoms with Crippen LogP contribution < -0.4 is 5.73 Å². The molecule has 1 aromatic heterocycles. The number of rotatable bonds is 5. The first-order chi connectivity index (χ1) is 8.70. The normalized spacial score (nSPS) is 21.7. The smallest absolute Gasteiger partial charge is 0.0764 e. The molecule has 0 bridgehead atoms. The van der Waals surface area contributed by atoms with Crippen LogP contribution in [0.3, 0.4) is 0 Å². The molecule has 2 heterocycles. The van der Waals surface area contributed by atoms with Gasteiger partial charge in [0.25, 0.3) is 0 Å². The lowest BCUT2D eigenvalue weighted by atomic mass is 9.99. The van der Waals surface area contributed by atoms with Gasteiger partial charge in [-0.3, -0.25) is 9.58 Å². The molecule has 1 fully saturated rings. The molecule has 1 aliphatic heterocycles. The highest BCUT2D eigenvalue weighted by Gasteiger charge is 2.22. The Morgan fingerprint density at radius 2 is 2.28 bits per heavy atom. The molecule has 0 aliphatic carbocycles. The third-order valence-corrected chi connectivity index (χ3v) is 3.81. The van der Waals surface area contributed by atoms with E-state index in [1.54, 1.807) is 0 Å². The molecule has 1 saturated heterocycles. The van der Waals surface area contributed by atoms with E-state index in [4.69, 9.17) is 5.73 Å². The zero-order valence-corrected chi connectivity index (χ0v) is 11.7. The van der Waals surface area contributed by atoms with Gasteiger partial charge >= 0.3 is 0 Å². The van der Waals surface area contributed by atoms with Crippen molar-refractivity contribution in [2.24, 2.45) is 5.73 Å². The van der Waals surface area contributed by atoms with Gasteiger partial charge in [-0.15, -0.1) is 0 Å². The molecule has 1 aromatic rings. The van der Waals surface area contributed by atoms with E-state index in [-0.39, 0.29) is 0 Å². The molecule has 1 atom stereocenters. The fraction of sp³-hybridized carbons (Fsp3) is 0.786. The second-order valence-electron chi connectivity index (χ2n) is 5.58. The van der Waals surface area contributed by atoms with Crippen LogP contribution in [0.1, 0.15) is 51.3 Å². The Labute approximate surface area is 110 Å². The number of hydrogen-bond acceptors (Lipinski definition) is 3. The van der Waals surface area contributed by atoms with Crippen molar-refractivity contribution >= 4 is 0 Å². The Morgan fingerprint density at radius 3 is 2.94 bits per heavy atom. The highest BCUT2D eigenvalue weighted by molar-refractivity contribution is 5.00. The first-order valence-corrected chi connectivity index (χ1v) is 7.19. The minimum absolute atomic E-state index is 0.444. The van der Waals surface area contributed by atoms with Crippen LogP contribution in [0.5, 0.6) is 0 Å². The predicted octanol–water partition coefficient (Wildman–Crippen LogP) is 2.17. The Kier molecular flexibility index (Phi) is 4.78. The molecule has 1 unspecified atom stereocenters. The summed E-state index contributed by atoms with van der Waals surface area (Å²) in [6.07, 6.45) is 7.16. The maximum atomic E-state index is 5.71. The molecule has 2 rings (SSSR count). The summed E-state index contributed by atoms with van der Waals surface area (Å²) in [4.78, 5) is 2.56. The minimum atomic E-state index is 0.444. The van der Waals surface area contributed by atoms with Crippen LogP contribution in [0.25, 0.3) is 0 Å². The number of nitrogens with zero attached hydrogens (tertiary/aromatic N) is 3. The van der Waals surface area contributed by atoms with Crippen molar-refractivity contribution in [3.05, 3.63) is 18.0 Å². The predicted molar refractivity (Wildman–Crippen MR) is 74.3 cm³/mol. The average Bonchev–Trinajstić information content (AvgIpc) is 2.81. The topological polar surface area (TPSA) is 47.1 Å². The lowest BCUT2D eigenvalue weighted by Crippen LogP contribution is -2.40. The third-order valence-electron chi connectivity index (χ3n) is 3.81. The number of likely N-dealkylation sites (tertiary alicyclic amines) is 1. The van der Waals surface area contributed by atoms with Crippen molar-refractivity contribution in [3.63, 3.8) is 0 Å². The molecule has 2 N–H and O–H groups in total. The van der Waals surface area contributed by atoms with E-state index in [0.29, 0.717) is 12.1 Å². The first kappa shape index (κ1) is 13.6. The first-order valence-electron chi connectivity index (χ1n) is 7.19. The highest BCUT2D eigenvalue weighted by Crippen LogP contribution is 2.21. The van der Waals surface area contributed by atoms with Gasteiger partial charge in [0.15, 0.2) is 0 Å². The van der Waals surface area contributed by atoms with E-state index in [9.17, 15) is 0 Å². The molecule has 0 radical (unpaired) electrons. The van der Waals surface area contributed by atoms with Crippen molar-refractivity contribution < 1.29 is 0 Å². The van der Waals surface area contributed by atoms with Gasteiger partial charge in [-0.25, -0.2) is 0 Å². The van der Waals surface area contributed by atoms with E-state index < -0.39 is 0 Å². The van der Waals surface area contributed by atoms with Crippen molar-refractivity contribution in [1.82, 2.24) is 14.7 Å². The summed E-state index contributed by atoms with van der Waals surface area (Å²) >= 11 is 0. The van der Waals surface area contributed by atoms with Gasteiger partial charge in [0.1, 0.15) is 0 Å². The van der Waals surface area contributed by atoms with E-state index >= 15 is 0 Å². The lowest BCUT2D eigenvalue weighted by molar-refractivity contribution is 0.132. The van der Waals surface area contributed by atoms with Gasteiger partial charge in [0, 0.05) is 24.8 Å². The Hall–Kier alpha value is -0.870. The van der Waals surface area contributed by atoms with Crippen LogP contribution in [-0.4, -0.2) is 33.8 Å². The monoisotopic (exact) mass is 250 g/mol. The van der Waals surface area contributed by atoms with Crippen molar-refractivity contribution in [2.75, 3.05) is 13.1 Å². The molecule has 0 spiro atoms. The number of hydrogen-bond donors (Lipinski definition) is 1. The summed E-state index contributed by atoms with van der Waals surface area (Å²) in [5.74, 6) is 0. The van der Waals surface area contributed by atoms with Crippen LogP contribution in [0, 0.1) is 0 Å². The van der Waals surface area contributed by atoms with Gasteiger partial charge in [0.05, 0.1) is 5.69 Å². The largest absolute Gasteiger partial charge is 0.330 e. The van der Waals surface area contributed by atoms with E-state index in [1.165, 1.54) is 31.5 Å². The second-order valence-corrected chi connectivity index (χ2v) is 5.58. The van der Waals surface area contributed by atoms with E-state index in [0.717, 1.165) is 19.5 Å². The fourth-order valence-electron chi connectivity index (χ4n) is 2.74. The summed E-state index contributed by atoms with van der Waals surface area (Å²) in [6.45, 7) is 7.29. The molecule has 0 saturated carbocycles. The van der Waals surface area contributed by atoms with Crippen LogP contribution in [0.15, 0.2) is 12.3 Å². The second kappa shape index (κ2) is 6.34. The molecule has 1 aliphatic rings. The SMILES string of the molecule is CC(C)n1ccc(CN2CCCCC2CCN)n1. The third kappa shape index (κ3) is 3.33. The van der Waals surface area contributed by atoms with Crippen molar-refractivity contribution in [1.29, 1.82) is 0 Å². The summed E-state index contributed by atoms with van der Waals surface area (Å²) in [6, 6.07) is 3.25. The number of nitrogens with two attached hydrogens (primary N) is 1. The fourth-order valence-corrected chi connectivity index (χ4v) is 2.74. The lowest BCUT2D eigenvalue weighted by Gasteiger charge is -2.35. The van der Waals surface area contributed by atoms with Gasteiger partial charge in [0.2, 0.25) is 0 Å². The summed E-state index contributed by atoms with van der Waals surface area (Å²) in [5.41, 5.74) is 6.90. The number of aromatic nitrogens is 2. The molecule has 4 nitrogen and oxygen atoms in total. The zero-order chi connectivity index (χ0) is 13.0. The number of piperidine rings is 1. The highest BCUT2D eigenvalue weighted by atomic mass is 15.3. The maximum Gasteiger partial charge on any atom is 0.0764 e. The van der Waals surface area contributed by atoms with Crippen LogP contribution >= 0.6 is 0 Å². The minimum Gasteiger partial charge on any atom is -0.330 e. The zero-order valence-electron chi connectivity index (χ0n) is 11.7. The molecule has 0 aromatic carbocycles. The van der Waals surface area contributed by atoms with Gasteiger partial charge in [-0.2, -0.15) is 5.10 Å². The Balaban J connectivity index is 1.97. The average molecular weight is 250 g/mol. The van der Waals surface area contributed by atoms with Crippen LogP contribution in [-0.2, 0) is 6.54 Å². The quantitative estimate of drug-likeness (QED) is 0.871. The van der Waals surface area contributed by atoms with Gasteiger partial charge in [-0.1, -0.05) is 6.42 Å². The summed E-state index contributed by atoms with van der Waals surface area (Å²) in [7, 11) is 0. The summed E-state index contributed by atoms with van der Waals surface area (Å²) in [5, 5.41) is 4.64. The van der Waals surface area contributed by atoms with E-state index in [1.807, 2.05) is 4.68 Å². The molecular formula is C14H26N4. The van der Waals surface area contributed by atoms with Gasteiger partial charge in [-0.05, 0) is 52.3 Å². The van der Waals surface area contributed by atoms with E-state index in [2.05, 4.69) is 36.1 Å². The van der Waals surface area contributed by atoms with Crippen molar-refractivity contribution in [2.45, 2.75) is 58.2 Å². The maximum absolute atomic E-state index is 5.71. The van der Waals surface area contributed by atoms with Crippen LogP contribution in [0.2, 0.25) is 0 Å². The molecule has 0 amide bonds. The Morgan fingerprint density at radius 1 is 1.44 bits per heavy atom. The molecular weight excluding hydrogens is 224 g/mol. The Bertz CT molecular complexity index is 356. The summed E-state index contributed by atoms with van der Waals surface area (Å²) < 4.78 is 2.04. The van der Waals surface area contributed by atoms with Crippen LogP contribution in [0.4, 0.5) is 0 Å². The van der Waals surface area contributed by atoms with Crippen molar-refractivity contribution in [3.8, 4) is 0 Å². The molecule has 4 heteroatoms.